The summed E-state index contributed by atoms with van der Waals surface area (Å²) in [4.78, 5) is 15.4. The van der Waals surface area contributed by atoms with Crippen molar-refractivity contribution in [2.75, 3.05) is 25.6 Å². The maximum absolute atomic E-state index is 11.5. The fourth-order valence-electron chi connectivity index (χ4n) is 0.917. The smallest absolute Gasteiger partial charge is 0.242 e. The van der Waals surface area contributed by atoms with Crippen LogP contribution in [0.15, 0.2) is 6.33 Å². The molecule has 1 unspecified atom stereocenters. The van der Waals surface area contributed by atoms with Gasteiger partial charge < -0.3 is 15.4 Å². The van der Waals surface area contributed by atoms with Gasteiger partial charge in [-0.05, 0) is 6.92 Å². The number of anilines is 1. The zero-order valence-corrected chi connectivity index (χ0v) is 9.50. The van der Waals surface area contributed by atoms with Crippen LogP contribution >= 0.6 is 11.5 Å². The lowest BCUT2D eigenvalue weighted by Gasteiger charge is -2.12. The summed E-state index contributed by atoms with van der Waals surface area (Å²) in [5.74, 6) is -0.0812. The molecular formula is C8H14N4O2S. The van der Waals surface area contributed by atoms with Crippen molar-refractivity contribution >= 4 is 22.6 Å². The molecular weight excluding hydrogens is 216 g/mol. The normalized spacial score (nSPS) is 12.1. The number of carbonyl (C=O) groups is 1. The molecule has 1 rings (SSSR count). The number of hydrogen-bond acceptors (Lipinski definition) is 6. The molecule has 7 heteroatoms. The Morgan fingerprint density at radius 2 is 2.53 bits per heavy atom. The van der Waals surface area contributed by atoms with E-state index in [0.717, 1.165) is 0 Å². The molecule has 6 nitrogen and oxygen atoms in total. The van der Waals surface area contributed by atoms with Crippen molar-refractivity contribution in [2.24, 2.45) is 0 Å². The van der Waals surface area contributed by atoms with Gasteiger partial charge in [0.25, 0.3) is 0 Å². The number of nitrogens with one attached hydrogen (secondary N) is 2. The topological polar surface area (TPSA) is 76.1 Å². The Balaban J connectivity index is 2.27. The summed E-state index contributed by atoms with van der Waals surface area (Å²) in [5.41, 5.74) is 0. The molecule has 0 aromatic carbocycles. The molecule has 1 heterocycles. The van der Waals surface area contributed by atoms with Crippen LogP contribution in [0.3, 0.4) is 0 Å². The molecule has 0 aliphatic rings. The summed E-state index contributed by atoms with van der Waals surface area (Å²) in [7, 11) is 1.59. The largest absolute Gasteiger partial charge is 0.383 e. The van der Waals surface area contributed by atoms with Gasteiger partial charge >= 0.3 is 0 Å². The van der Waals surface area contributed by atoms with Crippen molar-refractivity contribution in [1.82, 2.24) is 14.7 Å². The van der Waals surface area contributed by atoms with Crippen molar-refractivity contribution in [1.29, 1.82) is 0 Å². The second-order valence-electron chi connectivity index (χ2n) is 2.90. The SMILES string of the molecule is COCCNC(=O)C(C)Nc1ncns1. The van der Waals surface area contributed by atoms with Gasteiger partial charge in [-0.1, -0.05) is 0 Å². The van der Waals surface area contributed by atoms with E-state index in [0.29, 0.717) is 18.3 Å². The first-order chi connectivity index (χ1) is 7.24. The van der Waals surface area contributed by atoms with E-state index in [2.05, 4.69) is 20.0 Å². The predicted octanol–water partition coefficient (Wildman–Crippen LogP) is 0.101. The molecule has 84 valence electrons. The molecule has 0 fully saturated rings. The maximum Gasteiger partial charge on any atom is 0.242 e. The molecule has 2 N–H and O–H groups in total. The van der Waals surface area contributed by atoms with Gasteiger partial charge in [-0.3, -0.25) is 4.79 Å². The van der Waals surface area contributed by atoms with E-state index in [4.69, 9.17) is 4.74 Å². The van der Waals surface area contributed by atoms with Crippen molar-refractivity contribution < 1.29 is 9.53 Å². The van der Waals surface area contributed by atoms with Crippen LogP contribution in [0.1, 0.15) is 6.92 Å². The first kappa shape index (κ1) is 11.9. The Kier molecular flexibility index (Phi) is 4.99. The summed E-state index contributed by atoms with van der Waals surface area (Å²) in [5, 5.41) is 6.31. The van der Waals surface area contributed by atoms with E-state index >= 15 is 0 Å². The Bertz CT molecular complexity index is 291. The van der Waals surface area contributed by atoms with Crippen LogP contribution in [0, 0.1) is 0 Å². The number of aromatic nitrogens is 2. The number of rotatable bonds is 6. The summed E-state index contributed by atoms with van der Waals surface area (Å²) in [6, 6.07) is -0.324. The van der Waals surface area contributed by atoms with Gasteiger partial charge in [-0.25, -0.2) is 4.98 Å². The average molecular weight is 230 g/mol. The van der Waals surface area contributed by atoms with Crippen LogP contribution in [0.25, 0.3) is 0 Å². The standard InChI is InChI=1S/C8H14N4O2S/c1-6(7(13)9-3-4-14-2)12-8-10-5-11-15-8/h5-6H,3-4H2,1-2H3,(H,9,13)(H,10,11,12). The molecule has 1 amide bonds. The minimum atomic E-state index is -0.324. The van der Waals surface area contributed by atoms with Gasteiger partial charge in [0.15, 0.2) is 0 Å². The molecule has 0 spiro atoms. The van der Waals surface area contributed by atoms with Gasteiger partial charge in [-0.15, -0.1) is 0 Å². The number of hydrogen-bond donors (Lipinski definition) is 2. The Morgan fingerprint density at radius 3 is 3.13 bits per heavy atom. The quantitative estimate of drug-likeness (QED) is 0.678. The number of methoxy groups -OCH3 is 1. The lowest BCUT2D eigenvalue weighted by atomic mass is 10.3. The predicted molar refractivity (Wildman–Crippen MR) is 57.9 cm³/mol. The van der Waals surface area contributed by atoms with Gasteiger partial charge in [0.1, 0.15) is 12.4 Å². The number of ether oxygens (including phenoxy) is 1. The number of nitrogens with zero attached hydrogens (tertiary/aromatic N) is 2. The second kappa shape index (κ2) is 6.31. The van der Waals surface area contributed by atoms with Crippen molar-refractivity contribution in [3.8, 4) is 0 Å². The molecule has 0 saturated carbocycles. The van der Waals surface area contributed by atoms with Crippen molar-refractivity contribution in [2.45, 2.75) is 13.0 Å². The van der Waals surface area contributed by atoms with Crippen LogP contribution in [0.5, 0.6) is 0 Å². The second-order valence-corrected chi connectivity index (χ2v) is 3.68. The third kappa shape index (κ3) is 4.22. The van der Waals surface area contributed by atoms with Crippen LogP contribution < -0.4 is 10.6 Å². The van der Waals surface area contributed by atoms with E-state index in [1.54, 1.807) is 14.0 Å². The monoisotopic (exact) mass is 230 g/mol. The van der Waals surface area contributed by atoms with Gasteiger partial charge in [-0.2, -0.15) is 4.37 Å². The van der Waals surface area contributed by atoms with Crippen LogP contribution in [0.4, 0.5) is 5.13 Å². The van der Waals surface area contributed by atoms with E-state index in [-0.39, 0.29) is 11.9 Å². The third-order valence-electron chi connectivity index (χ3n) is 1.70. The van der Waals surface area contributed by atoms with E-state index in [1.807, 2.05) is 0 Å². The van der Waals surface area contributed by atoms with Gasteiger partial charge in [0.05, 0.1) is 6.61 Å². The third-order valence-corrected chi connectivity index (χ3v) is 2.30. The first-order valence-electron chi connectivity index (χ1n) is 4.54. The molecule has 0 aliphatic heterocycles. The summed E-state index contributed by atoms with van der Waals surface area (Å²) >= 11 is 1.22. The maximum atomic E-state index is 11.5. The molecule has 1 aromatic rings. The number of amides is 1. The summed E-state index contributed by atoms with van der Waals surface area (Å²) in [6.45, 7) is 2.79. The highest BCUT2D eigenvalue weighted by molar-refractivity contribution is 7.09. The molecule has 1 atom stereocenters. The van der Waals surface area contributed by atoms with Crippen molar-refractivity contribution in [3.63, 3.8) is 0 Å². The van der Waals surface area contributed by atoms with E-state index in [1.165, 1.54) is 17.9 Å². The Hall–Kier alpha value is -1.21. The van der Waals surface area contributed by atoms with E-state index in [9.17, 15) is 4.79 Å². The van der Waals surface area contributed by atoms with Crippen LogP contribution in [0.2, 0.25) is 0 Å². The van der Waals surface area contributed by atoms with Crippen LogP contribution in [-0.2, 0) is 9.53 Å². The van der Waals surface area contributed by atoms with Gasteiger partial charge in [0.2, 0.25) is 11.0 Å². The molecule has 0 aliphatic carbocycles. The fourth-order valence-corrected chi connectivity index (χ4v) is 1.43. The average Bonchev–Trinajstić information content (AvgIpc) is 2.70. The summed E-state index contributed by atoms with van der Waals surface area (Å²) < 4.78 is 8.65. The lowest BCUT2D eigenvalue weighted by molar-refractivity contribution is -0.121. The highest BCUT2D eigenvalue weighted by atomic mass is 32.1. The van der Waals surface area contributed by atoms with Crippen LogP contribution in [-0.4, -0.2) is 41.6 Å². The van der Waals surface area contributed by atoms with Gasteiger partial charge in [0, 0.05) is 25.2 Å². The highest BCUT2D eigenvalue weighted by Gasteiger charge is 2.12. The number of carbonyl (C=O) groups excluding carboxylic acids is 1. The fraction of sp³-hybridized carbons (Fsp3) is 0.625. The highest BCUT2D eigenvalue weighted by Crippen LogP contribution is 2.07. The molecule has 1 aromatic heterocycles. The zero-order valence-electron chi connectivity index (χ0n) is 8.69. The Labute approximate surface area is 92.2 Å². The molecule has 0 saturated heterocycles. The summed E-state index contributed by atoms with van der Waals surface area (Å²) in [6.07, 6.45) is 1.45. The zero-order chi connectivity index (χ0) is 11.1. The van der Waals surface area contributed by atoms with E-state index < -0.39 is 0 Å². The molecule has 15 heavy (non-hydrogen) atoms. The van der Waals surface area contributed by atoms with Crippen molar-refractivity contribution in [3.05, 3.63) is 6.33 Å². The molecule has 0 radical (unpaired) electrons. The minimum absolute atomic E-state index is 0.0812. The lowest BCUT2D eigenvalue weighted by Crippen LogP contribution is -2.38. The first-order valence-corrected chi connectivity index (χ1v) is 5.31. The molecule has 0 bridgehead atoms. The Morgan fingerprint density at radius 1 is 1.73 bits per heavy atom. The minimum Gasteiger partial charge on any atom is -0.383 e.